The van der Waals surface area contributed by atoms with E-state index < -0.39 is 0 Å². The molecule has 0 saturated heterocycles. The molecule has 0 heterocycles. The van der Waals surface area contributed by atoms with E-state index in [4.69, 9.17) is 1.37 Å². The SMILES string of the molecule is [2H]C=CC1=C(C)/C(=C/C=C/C)CC(C)(C)C1. The number of hydrogen-bond donors (Lipinski definition) is 0. The average Bonchev–Trinajstić information content (AvgIpc) is 2.21. The minimum atomic E-state index is 0.307. The third-order valence-electron chi connectivity index (χ3n) is 2.99. The van der Waals surface area contributed by atoms with E-state index in [0.717, 1.165) is 12.8 Å². The highest BCUT2D eigenvalue weighted by molar-refractivity contribution is 5.43. The van der Waals surface area contributed by atoms with Crippen LogP contribution < -0.4 is 0 Å². The van der Waals surface area contributed by atoms with E-state index in [-0.39, 0.29) is 0 Å². The Hall–Kier alpha value is -1.04. The molecule has 15 heavy (non-hydrogen) atoms. The first kappa shape index (κ1) is 10.5. The summed E-state index contributed by atoms with van der Waals surface area (Å²) < 4.78 is 7.21. The predicted octanol–water partition coefficient (Wildman–Crippen LogP) is 4.81. The van der Waals surface area contributed by atoms with E-state index >= 15 is 0 Å². The molecule has 0 fully saturated rings. The second-order valence-electron chi connectivity index (χ2n) is 5.05. The molecular formula is C15H22. The van der Waals surface area contributed by atoms with Gasteiger partial charge in [0.25, 0.3) is 0 Å². The molecule has 0 nitrogen and oxygen atoms in total. The summed E-state index contributed by atoms with van der Waals surface area (Å²) in [5.74, 6) is 0. The van der Waals surface area contributed by atoms with Crippen molar-refractivity contribution in [2.75, 3.05) is 0 Å². The molecule has 0 heteroatoms. The molecule has 1 aliphatic rings. The van der Waals surface area contributed by atoms with Crippen molar-refractivity contribution in [2.45, 2.75) is 40.5 Å². The van der Waals surface area contributed by atoms with Gasteiger partial charge in [-0.15, -0.1) is 0 Å². The normalized spacial score (nSPS) is 25.6. The van der Waals surface area contributed by atoms with Gasteiger partial charge in [-0.1, -0.05) is 44.7 Å². The Balaban J connectivity index is 3.14. The number of rotatable bonds is 2. The highest BCUT2D eigenvalue weighted by Crippen LogP contribution is 2.41. The monoisotopic (exact) mass is 203 g/mol. The molecule has 0 N–H and O–H groups in total. The van der Waals surface area contributed by atoms with Gasteiger partial charge in [0.2, 0.25) is 0 Å². The molecule has 0 amide bonds. The van der Waals surface area contributed by atoms with Crippen LogP contribution in [0.25, 0.3) is 0 Å². The van der Waals surface area contributed by atoms with Crippen molar-refractivity contribution in [1.29, 1.82) is 0 Å². The summed E-state index contributed by atoms with van der Waals surface area (Å²) in [6, 6.07) is 0. The van der Waals surface area contributed by atoms with Crippen LogP contribution in [0.5, 0.6) is 0 Å². The molecule has 0 aliphatic heterocycles. The molecule has 0 radical (unpaired) electrons. The molecular weight excluding hydrogens is 180 g/mol. The van der Waals surface area contributed by atoms with Crippen molar-refractivity contribution < 1.29 is 1.37 Å². The standard InChI is InChI=1S/C15H22/c1-6-8-9-14-11-15(4,5)10-13(7-2)12(14)3/h6-9H,2,10-11H2,1,3-5H3/b8-6+,14-9+/i2D/b7-2?,8-6+,14-9+. The summed E-state index contributed by atoms with van der Waals surface area (Å²) in [5, 5.41) is 0. The quantitative estimate of drug-likeness (QED) is 0.604. The lowest BCUT2D eigenvalue weighted by atomic mass is 9.72. The number of allylic oxidation sites excluding steroid dienone is 7. The van der Waals surface area contributed by atoms with E-state index in [2.05, 4.69) is 39.0 Å². The van der Waals surface area contributed by atoms with E-state index in [9.17, 15) is 0 Å². The van der Waals surface area contributed by atoms with Crippen LogP contribution in [0, 0.1) is 5.41 Å². The predicted molar refractivity (Wildman–Crippen MR) is 68.8 cm³/mol. The summed E-state index contributed by atoms with van der Waals surface area (Å²) in [4.78, 5) is 0. The van der Waals surface area contributed by atoms with Crippen LogP contribution in [0.1, 0.15) is 41.9 Å². The summed E-state index contributed by atoms with van der Waals surface area (Å²) in [6.07, 6.45) is 10.5. The van der Waals surface area contributed by atoms with Crippen molar-refractivity contribution >= 4 is 0 Å². The first-order chi connectivity index (χ1) is 7.50. The molecule has 0 unspecified atom stereocenters. The molecule has 0 atom stereocenters. The smallest absolute Gasteiger partial charge is 0.0538 e. The molecule has 0 spiro atoms. The average molecular weight is 203 g/mol. The first-order valence-corrected chi connectivity index (χ1v) is 5.57. The third-order valence-corrected chi connectivity index (χ3v) is 2.99. The van der Waals surface area contributed by atoms with Crippen molar-refractivity contribution in [3.05, 3.63) is 47.6 Å². The highest BCUT2D eigenvalue weighted by atomic mass is 14.3. The van der Waals surface area contributed by atoms with Gasteiger partial charge in [-0.05, 0) is 48.8 Å². The maximum Gasteiger partial charge on any atom is 0.0538 e. The summed E-state index contributed by atoms with van der Waals surface area (Å²) in [6.45, 7) is 10.2. The maximum absolute atomic E-state index is 7.21. The zero-order valence-electron chi connectivity index (χ0n) is 11.3. The Morgan fingerprint density at radius 2 is 2.13 bits per heavy atom. The van der Waals surface area contributed by atoms with Crippen molar-refractivity contribution in [3.63, 3.8) is 0 Å². The molecule has 0 aromatic carbocycles. The lowest BCUT2D eigenvalue weighted by Gasteiger charge is -2.33. The zero-order valence-corrected chi connectivity index (χ0v) is 10.3. The Bertz CT molecular complexity index is 365. The molecule has 1 rings (SSSR count). The van der Waals surface area contributed by atoms with Crippen LogP contribution in [0.3, 0.4) is 0 Å². The molecule has 0 saturated carbocycles. The second kappa shape index (κ2) is 4.65. The van der Waals surface area contributed by atoms with E-state index in [1.54, 1.807) is 0 Å². The van der Waals surface area contributed by atoms with Gasteiger partial charge in [-0.3, -0.25) is 0 Å². The minimum Gasteiger partial charge on any atom is -0.0988 e. The van der Waals surface area contributed by atoms with Crippen molar-refractivity contribution in [3.8, 4) is 0 Å². The lowest BCUT2D eigenvalue weighted by molar-refractivity contribution is 0.351. The maximum atomic E-state index is 7.21. The number of hydrogen-bond acceptors (Lipinski definition) is 0. The van der Waals surface area contributed by atoms with Crippen LogP contribution in [0.2, 0.25) is 0 Å². The van der Waals surface area contributed by atoms with Crippen LogP contribution in [0.15, 0.2) is 47.6 Å². The summed E-state index contributed by atoms with van der Waals surface area (Å²) in [7, 11) is 0. The third kappa shape index (κ3) is 2.95. The highest BCUT2D eigenvalue weighted by Gasteiger charge is 2.26. The van der Waals surface area contributed by atoms with Gasteiger partial charge in [-0.2, -0.15) is 0 Å². The fourth-order valence-electron chi connectivity index (χ4n) is 2.15. The fraction of sp³-hybridized carbons (Fsp3) is 0.467. The largest absolute Gasteiger partial charge is 0.0988 e. The van der Waals surface area contributed by atoms with E-state index in [1.165, 1.54) is 23.3 Å². The van der Waals surface area contributed by atoms with Gasteiger partial charge in [0.15, 0.2) is 0 Å². The Morgan fingerprint density at radius 3 is 2.73 bits per heavy atom. The lowest BCUT2D eigenvalue weighted by Crippen LogP contribution is -2.19. The molecule has 82 valence electrons. The molecule has 1 aliphatic carbocycles. The first-order valence-electron chi connectivity index (χ1n) is 6.15. The van der Waals surface area contributed by atoms with Crippen molar-refractivity contribution in [1.82, 2.24) is 0 Å². The van der Waals surface area contributed by atoms with Gasteiger partial charge < -0.3 is 0 Å². The van der Waals surface area contributed by atoms with Crippen molar-refractivity contribution in [2.24, 2.45) is 5.41 Å². The Labute approximate surface area is 95.5 Å². The fourth-order valence-corrected chi connectivity index (χ4v) is 2.15. The van der Waals surface area contributed by atoms with E-state index in [1.807, 2.05) is 13.0 Å². The Kier molecular flexibility index (Phi) is 3.25. The van der Waals surface area contributed by atoms with Gasteiger partial charge in [0.05, 0.1) is 1.37 Å². The second-order valence-corrected chi connectivity index (χ2v) is 5.05. The van der Waals surface area contributed by atoms with Gasteiger partial charge in [-0.25, -0.2) is 0 Å². The molecule has 0 aromatic rings. The molecule has 0 aromatic heterocycles. The van der Waals surface area contributed by atoms with Crippen LogP contribution in [0.4, 0.5) is 0 Å². The zero-order chi connectivity index (χ0) is 12.2. The Morgan fingerprint density at radius 1 is 1.40 bits per heavy atom. The summed E-state index contributed by atoms with van der Waals surface area (Å²) >= 11 is 0. The van der Waals surface area contributed by atoms with Gasteiger partial charge in [0, 0.05) is 0 Å². The van der Waals surface area contributed by atoms with Crippen LogP contribution in [-0.2, 0) is 0 Å². The van der Waals surface area contributed by atoms with Gasteiger partial charge >= 0.3 is 0 Å². The van der Waals surface area contributed by atoms with E-state index in [0.29, 0.717) is 5.41 Å². The van der Waals surface area contributed by atoms with Crippen LogP contribution >= 0.6 is 0 Å². The minimum absolute atomic E-state index is 0.307. The van der Waals surface area contributed by atoms with Crippen LogP contribution in [-0.4, -0.2) is 0 Å². The summed E-state index contributed by atoms with van der Waals surface area (Å²) in [5.41, 5.74) is 4.37. The van der Waals surface area contributed by atoms with Gasteiger partial charge in [0.1, 0.15) is 0 Å². The topological polar surface area (TPSA) is 0 Å². The molecule has 0 bridgehead atoms.